The molecule has 1 aromatic carbocycles. The van der Waals surface area contributed by atoms with Crippen LogP contribution in [0.15, 0.2) is 24.3 Å². The lowest BCUT2D eigenvalue weighted by Crippen LogP contribution is -2.37. The molecule has 0 amide bonds. The van der Waals surface area contributed by atoms with Crippen molar-refractivity contribution in [3.63, 3.8) is 0 Å². The second kappa shape index (κ2) is 6.22. The first kappa shape index (κ1) is 14.8. The predicted molar refractivity (Wildman–Crippen MR) is 75.8 cm³/mol. The molecule has 1 aromatic rings. The maximum absolute atomic E-state index is 12.1. The molecule has 0 saturated carbocycles. The number of hydrogen-bond acceptors (Lipinski definition) is 4. The Bertz CT molecular complexity index is 509. The first-order chi connectivity index (χ1) is 8.96. The van der Waals surface area contributed by atoms with E-state index in [1.54, 1.807) is 24.3 Å². The van der Waals surface area contributed by atoms with Gasteiger partial charge in [0.15, 0.2) is 9.84 Å². The summed E-state index contributed by atoms with van der Waals surface area (Å²) >= 11 is 5.77. The van der Waals surface area contributed by atoms with Crippen molar-refractivity contribution in [1.29, 1.82) is 0 Å². The van der Waals surface area contributed by atoms with Crippen LogP contribution in [0, 0.1) is 5.92 Å². The van der Waals surface area contributed by atoms with Crippen LogP contribution < -0.4 is 5.73 Å². The van der Waals surface area contributed by atoms with Crippen molar-refractivity contribution in [2.24, 2.45) is 11.7 Å². The van der Waals surface area contributed by atoms with Crippen LogP contribution in [-0.2, 0) is 20.3 Å². The van der Waals surface area contributed by atoms with Crippen molar-refractivity contribution in [2.75, 3.05) is 19.0 Å². The average molecular weight is 304 g/mol. The van der Waals surface area contributed by atoms with Crippen LogP contribution in [0.2, 0.25) is 5.02 Å². The Balaban J connectivity index is 1.96. The zero-order chi connectivity index (χ0) is 13.9. The zero-order valence-electron chi connectivity index (χ0n) is 10.6. The molecular formula is C13H18ClNO3S. The van der Waals surface area contributed by atoms with Crippen molar-refractivity contribution in [3.05, 3.63) is 34.9 Å². The first-order valence-electron chi connectivity index (χ1n) is 6.24. The van der Waals surface area contributed by atoms with Crippen LogP contribution in [0.1, 0.15) is 12.0 Å². The van der Waals surface area contributed by atoms with Crippen LogP contribution in [0.4, 0.5) is 0 Å². The number of hydrogen-bond donors (Lipinski definition) is 1. The number of halogens is 1. The fourth-order valence-electron chi connectivity index (χ4n) is 2.21. The van der Waals surface area contributed by atoms with Gasteiger partial charge in [-0.25, -0.2) is 8.42 Å². The summed E-state index contributed by atoms with van der Waals surface area (Å²) in [6.07, 6.45) is 0.845. The number of ether oxygens (including phenoxy) is 1. The summed E-state index contributed by atoms with van der Waals surface area (Å²) in [6.45, 7) is 1.24. The molecule has 106 valence electrons. The van der Waals surface area contributed by atoms with Gasteiger partial charge in [0.25, 0.3) is 0 Å². The number of benzene rings is 1. The molecule has 19 heavy (non-hydrogen) atoms. The third kappa shape index (κ3) is 4.45. The van der Waals surface area contributed by atoms with E-state index in [2.05, 4.69) is 0 Å². The first-order valence-corrected chi connectivity index (χ1v) is 8.44. The molecule has 2 unspecified atom stereocenters. The Morgan fingerprint density at radius 3 is 2.63 bits per heavy atom. The summed E-state index contributed by atoms with van der Waals surface area (Å²) in [5.74, 6) is 0.162. The highest BCUT2D eigenvalue weighted by Crippen LogP contribution is 2.18. The summed E-state index contributed by atoms with van der Waals surface area (Å²) in [4.78, 5) is 0. The van der Waals surface area contributed by atoms with Gasteiger partial charge < -0.3 is 10.5 Å². The maximum atomic E-state index is 12.1. The molecule has 1 saturated heterocycles. The Hall–Kier alpha value is -0.620. The van der Waals surface area contributed by atoms with Gasteiger partial charge in [-0.05, 0) is 24.1 Å². The van der Waals surface area contributed by atoms with E-state index in [0.29, 0.717) is 18.2 Å². The smallest absolute Gasteiger partial charge is 0.155 e. The highest BCUT2D eigenvalue weighted by Gasteiger charge is 2.27. The lowest BCUT2D eigenvalue weighted by molar-refractivity contribution is 0.182. The molecular weight excluding hydrogens is 286 g/mol. The topological polar surface area (TPSA) is 69.4 Å². The van der Waals surface area contributed by atoms with Crippen molar-refractivity contribution in [1.82, 2.24) is 0 Å². The Labute approximate surface area is 118 Å². The van der Waals surface area contributed by atoms with Gasteiger partial charge in [0.2, 0.25) is 0 Å². The van der Waals surface area contributed by atoms with Gasteiger partial charge in [0.1, 0.15) is 0 Å². The van der Waals surface area contributed by atoms with E-state index in [0.717, 1.165) is 12.0 Å². The van der Waals surface area contributed by atoms with Crippen molar-refractivity contribution >= 4 is 21.4 Å². The molecule has 2 atom stereocenters. The van der Waals surface area contributed by atoms with E-state index in [4.69, 9.17) is 22.1 Å². The second-order valence-corrected chi connectivity index (χ2v) is 7.51. The molecule has 0 aliphatic carbocycles. The zero-order valence-corrected chi connectivity index (χ0v) is 12.2. The van der Waals surface area contributed by atoms with E-state index in [1.165, 1.54) is 0 Å². The van der Waals surface area contributed by atoms with Gasteiger partial charge in [0, 0.05) is 23.6 Å². The minimum Gasteiger partial charge on any atom is -0.381 e. The second-order valence-electron chi connectivity index (χ2n) is 4.97. The molecule has 2 N–H and O–H groups in total. The lowest BCUT2D eigenvalue weighted by atomic mass is 10.0. The molecule has 0 spiro atoms. The Morgan fingerprint density at radius 1 is 1.37 bits per heavy atom. The number of sulfone groups is 1. The molecule has 4 nitrogen and oxygen atoms in total. The Kier molecular flexibility index (Phi) is 4.84. The third-order valence-corrected chi connectivity index (χ3v) is 5.23. The highest BCUT2D eigenvalue weighted by molar-refractivity contribution is 7.90. The van der Waals surface area contributed by atoms with Gasteiger partial charge in [0.05, 0.1) is 18.1 Å². The molecule has 1 heterocycles. The monoisotopic (exact) mass is 303 g/mol. The van der Waals surface area contributed by atoms with Crippen LogP contribution in [0.5, 0.6) is 0 Å². The number of nitrogens with two attached hydrogens (primary N) is 1. The summed E-state index contributed by atoms with van der Waals surface area (Å²) in [5.41, 5.74) is 6.70. The summed E-state index contributed by atoms with van der Waals surface area (Å²) < 4.78 is 29.4. The van der Waals surface area contributed by atoms with E-state index in [9.17, 15) is 8.42 Å². The third-order valence-electron chi connectivity index (χ3n) is 3.32. The van der Waals surface area contributed by atoms with Crippen molar-refractivity contribution in [3.8, 4) is 0 Å². The molecule has 0 aromatic heterocycles. The summed E-state index contributed by atoms with van der Waals surface area (Å²) in [7, 11) is -3.21. The lowest BCUT2D eigenvalue weighted by Gasteiger charge is -2.17. The standard InChI is InChI=1S/C13H18ClNO3S/c14-12-3-1-10(2-4-12)8-19(16,17)9-13(15)11-5-6-18-7-11/h1-4,11,13H,5-9,15H2. The van der Waals surface area contributed by atoms with E-state index in [-0.39, 0.29) is 23.5 Å². The number of rotatable bonds is 5. The quantitative estimate of drug-likeness (QED) is 0.897. The van der Waals surface area contributed by atoms with Crippen molar-refractivity contribution in [2.45, 2.75) is 18.2 Å². The van der Waals surface area contributed by atoms with Gasteiger partial charge in [-0.15, -0.1) is 0 Å². The van der Waals surface area contributed by atoms with Gasteiger partial charge in [-0.3, -0.25) is 0 Å². The van der Waals surface area contributed by atoms with E-state index < -0.39 is 9.84 Å². The van der Waals surface area contributed by atoms with Crippen LogP contribution in [0.25, 0.3) is 0 Å². The minimum atomic E-state index is -3.21. The van der Waals surface area contributed by atoms with E-state index in [1.807, 2.05) is 0 Å². The van der Waals surface area contributed by atoms with Gasteiger partial charge in [-0.1, -0.05) is 23.7 Å². The molecule has 0 radical (unpaired) electrons. The Morgan fingerprint density at radius 2 is 2.05 bits per heavy atom. The summed E-state index contributed by atoms with van der Waals surface area (Å²) in [5, 5.41) is 0.598. The van der Waals surface area contributed by atoms with Crippen LogP contribution in [-0.4, -0.2) is 33.4 Å². The maximum Gasteiger partial charge on any atom is 0.155 e. The van der Waals surface area contributed by atoms with Gasteiger partial charge in [-0.2, -0.15) is 0 Å². The van der Waals surface area contributed by atoms with Crippen LogP contribution >= 0.6 is 11.6 Å². The fourth-order valence-corrected chi connectivity index (χ4v) is 4.02. The molecule has 1 aliphatic rings. The highest BCUT2D eigenvalue weighted by atomic mass is 35.5. The van der Waals surface area contributed by atoms with Crippen molar-refractivity contribution < 1.29 is 13.2 Å². The van der Waals surface area contributed by atoms with Crippen LogP contribution in [0.3, 0.4) is 0 Å². The fraction of sp³-hybridized carbons (Fsp3) is 0.538. The van der Waals surface area contributed by atoms with Gasteiger partial charge >= 0.3 is 0 Å². The molecule has 1 aliphatic heterocycles. The summed E-state index contributed by atoms with van der Waals surface area (Å²) in [6, 6.07) is 6.49. The normalized spacial score (nSPS) is 21.5. The predicted octanol–water partition coefficient (Wildman–Crippen LogP) is 1.62. The molecule has 1 fully saturated rings. The molecule has 6 heteroatoms. The largest absolute Gasteiger partial charge is 0.381 e. The average Bonchev–Trinajstić information content (AvgIpc) is 2.85. The minimum absolute atomic E-state index is 0.00362. The molecule has 0 bridgehead atoms. The SMILES string of the molecule is NC(CS(=O)(=O)Cc1ccc(Cl)cc1)C1CCOC1. The molecule has 2 rings (SSSR count). The van der Waals surface area contributed by atoms with E-state index >= 15 is 0 Å².